The van der Waals surface area contributed by atoms with Crippen LogP contribution in [-0.4, -0.2) is 32.1 Å². The number of nitrogens with zero attached hydrogens (tertiary/aromatic N) is 1. The molecule has 1 aromatic carbocycles. The second-order valence-corrected chi connectivity index (χ2v) is 4.35. The first kappa shape index (κ1) is 12.5. The zero-order valence-corrected chi connectivity index (χ0v) is 10.6. The summed E-state index contributed by atoms with van der Waals surface area (Å²) in [6, 6.07) is 5.52. The minimum atomic E-state index is 0.0431. The molecule has 1 amide bonds. The molecule has 98 valence electrons. The maximum atomic E-state index is 11.7. The Morgan fingerprint density at radius 1 is 1.56 bits per heavy atom. The van der Waals surface area contributed by atoms with Crippen molar-refractivity contribution >= 4 is 17.3 Å². The molecule has 0 saturated carbocycles. The van der Waals surface area contributed by atoms with E-state index in [0.717, 1.165) is 30.9 Å². The van der Waals surface area contributed by atoms with Crippen molar-refractivity contribution in [3.63, 3.8) is 0 Å². The Kier molecular flexibility index (Phi) is 3.92. The Balaban J connectivity index is 2.06. The maximum Gasteiger partial charge on any atom is 0.239 e. The van der Waals surface area contributed by atoms with Gasteiger partial charge in [0, 0.05) is 18.3 Å². The van der Waals surface area contributed by atoms with E-state index in [2.05, 4.69) is 5.32 Å². The second kappa shape index (κ2) is 5.62. The quantitative estimate of drug-likeness (QED) is 0.781. The lowest BCUT2D eigenvalue weighted by Gasteiger charge is -2.30. The Labute approximate surface area is 107 Å². The Hall–Kier alpha value is -1.91. The highest BCUT2D eigenvalue weighted by molar-refractivity contribution is 5.82. The van der Waals surface area contributed by atoms with Crippen LogP contribution in [0.1, 0.15) is 13.3 Å². The van der Waals surface area contributed by atoms with E-state index < -0.39 is 0 Å². The molecule has 2 rings (SSSR count). The lowest BCUT2D eigenvalue weighted by atomic mass is 10.2. The molecule has 1 heterocycles. The van der Waals surface area contributed by atoms with E-state index in [-0.39, 0.29) is 5.91 Å². The summed E-state index contributed by atoms with van der Waals surface area (Å²) < 4.78 is 5.54. The molecule has 0 fully saturated rings. The van der Waals surface area contributed by atoms with Crippen molar-refractivity contribution in [2.45, 2.75) is 13.3 Å². The van der Waals surface area contributed by atoms with Gasteiger partial charge >= 0.3 is 0 Å². The number of hydrogen-bond donors (Lipinski definition) is 2. The number of carbonyl (C=O) groups excluding carboxylic acids is 1. The molecule has 0 spiro atoms. The summed E-state index contributed by atoms with van der Waals surface area (Å²) in [5, 5.41) is 2.88. The molecule has 1 aliphatic rings. The standard InChI is InChI=1S/C13H19N3O2/c1-2-5-15-13(17)9-16-6-7-18-12-8-10(14)3-4-11(12)16/h3-4,8H,2,5-7,9,14H2,1H3,(H,15,17). The molecule has 0 radical (unpaired) electrons. The van der Waals surface area contributed by atoms with Gasteiger partial charge in [-0.3, -0.25) is 4.79 Å². The molecule has 5 nitrogen and oxygen atoms in total. The van der Waals surface area contributed by atoms with E-state index in [4.69, 9.17) is 10.5 Å². The summed E-state index contributed by atoms with van der Waals surface area (Å²) in [6.07, 6.45) is 0.946. The van der Waals surface area contributed by atoms with Crippen molar-refractivity contribution in [3.8, 4) is 5.75 Å². The predicted molar refractivity (Wildman–Crippen MR) is 71.9 cm³/mol. The van der Waals surface area contributed by atoms with Crippen LogP contribution in [-0.2, 0) is 4.79 Å². The van der Waals surface area contributed by atoms with Gasteiger partial charge in [-0.05, 0) is 18.6 Å². The number of anilines is 2. The molecule has 0 aromatic heterocycles. The van der Waals surface area contributed by atoms with Crippen molar-refractivity contribution < 1.29 is 9.53 Å². The Bertz CT molecular complexity index is 434. The third-order valence-electron chi connectivity index (χ3n) is 2.85. The molecule has 0 aliphatic carbocycles. The van der Waals surface area contributed by atoms with Gasteiger partial charge in [0.25, 0.3) is 0 Å². The van der Waals surface area contributed by atoms with E-state index in [0.29, 0.717) is 18.8 Å². The number of rotatable bonds is 4. The zero-order valence-electron chi connectivity index (χ0n) is 10.6. The average Bonchev–Trinajstić information content (AvgIpc) is 2.36. The number of fused-ring (bicyclic) bond motifs is 1. The average molecular weight is 249 g/mol. The molecule has 0 atom stereocenters. The highest BCUT2D eigenvalue weighted by Gasteiger charge is 2.19. The van der Waals surface area contributed by atoms with Crippen LogP contribution >= 0.6 is 0 Å². The predicted octanol–water partition coefficient (Wildman–Crippen LogP) is 0.994. The summed E-state index contributed by atoms with van der Waals surface area (Å²) in [7, 11) is 0. The molecule has 5 heteroatoms. The minimum Gasteiger partial charge on any atom is -0.489 e. The monoisotopic (exact) mass is 249 g/mol. The molecular formula is C13H19N3O2. The summed E-state index contributed by atoms with van der Waals surface area (Å²) in [5.74, 6) is 0.797. The van der Waals surface area contributed by atoms with Gasteiger partial charge in [-0.2, -0.15) is 0 Å². The first-order valence-electron chi connectivity index (χ1n) is 6.24. The zero-order chi connectivity index (χ0) is 13.0. The van der Waals surface area contributed by atoms with Crippen LogP contribution < -0.4 is 20.7 Å². The van der Waals surface area contributed by atoms with E-state index in [9.17, 15) is 4.79 Å². The van der Waals surface area contributed by atoms with Crippen LogP contribution in [0.25, 0.3) is 0 Å². The van der Waals surface area contributed by atoms with Crippen LogP contribution in [0, 0.1) is 0 Å². The number of amides is 1. The van der Waals surface area contributed by atoms with Gasteiger partial charge in [-0.25, -0.2) is 0 Å². The largest absolute Gasteiger partial charge is 0.489 e. The van der Waals surface area contributed by atoms with E-state index in [1.54, 1.807) is 6.07 Å². The first-order chi connectivity index (χ1) is 8.70. The molecule has 0 saturated heterocycles. The maximum absolute atomic E-state index is 11.7. The normalized spacial score (nSPS) is 13.7. The number of nitrogens with one attached hydrogen (secondary N) is 1. The number of hydrogen-bond acceptors (Lipinski definition) is 4. The van der Waals surface area contributed by atoms with Crippen LogP contribution in [0.4, 0.5) is 11.4 Å². The fraction of sp³-hybridized carbons (Fsp3) is 0.462. The molecule has 1 aromatic rings. The van der Waals surface area contributed by atoms with Gasteiger partial charge in [0.2, 0.25) is 5.91 Å². The lowest BCUT2D eigenvalue weighted by Crippen LogP contribution is -2.41. The van der Waals surface area contributed by atoms with Gasteiger partial charge in [-0.1, -0.05) is 6.92 Å². The third-order valence-corrected chi connectivity index (χ3v) is 2.85. The highest BCUT2D eigenvalue weighted by Crippen LogP contribution is 2.32. The van der Waals surface area contributed by atoms with Crippen molar-refractivity contribution in [3.05, 3.63) is 18.2 Å². The Morgan fingerprint density at radius 3 is 3.17 bits per heavy atom. The summed E-state index contributed by atoms with van der Waals surface area (Å²) in [4.78, 5) is 13.7. The van der Waals surface area contributed by atoms with Crippen LogP contribution in [0.2, 0.25) is 0 Å². The summed E-state index contributed by atoms with van der Waals surface area (Å²) in [5.41, 5.74) is 7.32. The number of ether oxygens (including phenoxy) is 1. The van der Waals surface area contributed by atoms with Gasteiger partial charge in [0.05, 0.1) is 18.8 Å². The molecule has 0 unspecified atom stereocenters. The number of nitrogens with two attached hydrogens (primary N) is 1. The topological polar surface area (TPSA) is 67.6 Å². The van der Waals surface area contributed by atoms with Gasteiger partial charge in [-0.15, -0.1) is 0 Å². The van der Waals surface area contributed by atoms with E-state index in [1.807, 2.05) is 24.0 Å². The number of nitrogen functional groups attached to an aromatic ring is 1. The van der Waals surface area contributed by atoms with Crippen molar-refractivity contribution in [1.82, 2.24) is 5.32 Å². The lowest BCUT2D eigenvalue weighted by molar-refractivity contribution is -0.119. The molecule has 3 N–H and O–H groups in total. The van der Waals surface area contributed by atoms with Crippen LogP contribution in [0.5, 0.6) is 5.75 Å². The Morgan fingerprint density at radius 2 is 2.39 bits per heavy atom. The van der Waals surface area contributed by atoms with E-state index >= 15 is 0 Å². The smallest absolute Gasteiger partial charge is 0.239 e. The van der Waals surface area contributed by atoms with Gasteiger partial charge in [0.15, 0.2) is 0 Å². The summed E-state index contributed by atoms with van der Waals surface area (Å²) >= 11 is 0. The second-order valence-electron chi connectivity index (χ2n) is 4.35. The molecule has 0 bridgehead atoms. The van der Waals surface area contributed by atoms with Crippen molar-refractivity contribution in [1.29, 1.82) is 0 Å². The van der Waals surface area contributed by atoms with Gasteiger partial charge in [0.1, 0.15) is 12.4 Å². The molecule has 1 aliphatic heterocycles. The number of benzene rings is 1. The first-order valence-corrected chi connectivity index (χ1v) is 6.24. The van der Waals surface area contributed by atoms with Crippen molar-refractivity contribution in [2.24, 2.45) is 0 Å². The van der Waals surface area contributed by atoms with Crippen LogP contribution in [0.3, 0.4) is 0 Å². The third kappa shape index (κ3) is 2.85. The van der Waals surface area contributed by atoms with Gasteiger partial charge < -0.3 is 20.7 Å². The fourth-order valence-electron chi connectivity index (χ4n) is 1.95. The summed E-state index contributed by atoms with van der Waals surface area (Å²) in [6.45, 7) is 4.42. The van der Waals surface area contributed by atoms with Crippen molar-refractivity contribution in [2.75, 3.05) is 36.9 Å². The minimum absolute atomic E-state index is 0.0431. The number of carbonyl (C=O) groups is 1. The highest BCUT2D eigenvalue weighted by atomic mass is 16.5. The van der Waals surface area contributed by atoms with Crippen LogP contribution in [0.15, 0.2) is 18.2 Å². The van der Waals surface area contributed by atoms with E-state index in [1.165, 1.54) is 0 Å². The SMILES string of the molecule is CCCNC(=O)CN1CCOc2cc(N)ccc21. The molecule has 18 heavy (non-hydrogen) atoms. The molecular weight excluding hydrogens is 230 g/mol. The fourth-order valence-corrected chi connectivity index (χ4v) is 1.95.